The Labute approximate surface area is 168 Å². The molecule has 0 unspecified atom stereocenters. The van der Waals surface area contributed by atoms with Gasteiger partial charge in [-0.3, -0.25) is 9.59 Å². The highest BCUT2D eigenvalue weighted by Gasteiger charge is 2.22. The monoisotopic (exact) mass is 400 g/mol. The molecule has 2 aromatic carbocycles. The highest BCUT2D eigenvalue weighted by molar-refractivity contribution is 6.30. The van der Waals surface area contributed by atoms with Gasteiger partial charge in [-0.2, -0.15) is 5.10 Å². The zero-order valence-corrected chi connectivity index (χ0v) is 16.3. The number of carbonyl (C=O) groups is 2. The van der Waals surface area contributed by atoms with Crippen molar-refractivity contribution in [2.75, 3.05) is 13.7 Å². The van der Waals surface area contributed by atoms with Crippen LogP contribution in [0.4, 0.5) is 0 Å². The van der Waals surface area contributed by atoms with E-state index in [1.54, 1.807) is 18.2 Å². The minimum absolute atomic E-state index is 0.00555. The standard InChI is InChI=1S/C21H21ClN2O4/c1-27-19-8-7-17(22)13-16(19)14-28-21(26)10-9-20(25)24-12-11-18(23-24)15-5-3-2-4-6-15/h2-8,13H,9-12,14H2,1H3. The van der Waals surface area contributed by atoms with E-state index in [1.165, 1.54) is 12.1 Å². The first-order valence-corrected chi connectivity index (χ1v) is 9.36. The van der Waals surface area contributed by atoms with Gasteiger partial charge in [0, 0.05) is 23.4 Å². The lowest BCUT2D eigenvalue weighted by molar-refractivity contribution is -0.147. The molecule has 7 heteroatoms. The van der Waals surface area contributed by atoms with Crippen molar-refractivity contribution in [3.05, 3.63) is 64.7 Å². The van der Waals surface area contributed by atoms with E-state index in [4.69, 9.17) is 21.1 Å². The van der Waals surface area contributed by atoms with Crippen molar-refractivity contribution in [1.82, 2.24) is 5.01 Å². The molecule has 1 amide bonds. The minimum Gasteiger partial charge on any atom is -0.496 e. The molecule has 0 atom stereocenters. The van der Waals surface area contributed by atoms with E-state index in [0.29, 0.717) is 29.3 Å². The molecule has 28 heavy (non-hydrogen) atoms. The van der Waals surface area contributed by atoms with Gasteiger partial charge in [0.2, 0.25) is 5.91 Å². The summed E-state index contributed by atoms with van der Waals surface area (Å²) in [5.74, 6) is -0.0572. The van der Waals surface area contributed by atoms with Crippen molar-refractivity contribution >= 4 is 29.2 Å². The average molecular weight is 401 g/mol. The molecule has 1 aliphatic heterocycles. The molecule has 0 radical (unpaired) electrons. The Kier molecular flexibility index (Phi) is 6.66. The second-order valence-corrected chi connectivity index (χ2v) is 6.73. The summed E-state index contributed by atoms with van der Waals surface area (Å²) in [6.07, 6.45) is 0.750. The normalized spacial score (nSPS) is 13.2. The molecule has 3 rings (SSSR count). The lowest BCUT2D eigenvalue weighted by Gasteiger charge is -2.12. The molecule has 2 aromatic rings. The number of amides is 1. The number of ether oxygens (including phenoxy) is 2. The van der Waals surface area contributed by atoms with Crippen LogP contribution in [-0.4, -0.2) is 36.3 Å². The predicted octanol–water partition coefficient (Wildman–Crippen LogP) is 3.81. The van der Waals surface area contributed by atoms with Crippen molar-refractivity contribution in [3.8, 4) is 5.75 Å². The molecule has 0 bridgehead atoms. The molecular formula is C21H21ClN2O4. The summed E-state index contributed by atoms with van der Waals surface area (Å²) in [6.45, 7) is 0.564. The first-order valence-electron chi connectivity index (χ1n) is 8.98. The molecular weight excluding hydrogens is 380 g/mol. The summed E-state index contributed by atoms with van der Waals surface area (Å²) in [6, 6.07) is 14.8. The molecule has 146 valence electrons. The Morgan fingerprint density at radius 3 is 2.68 bits per heavy atom. The number of esters is 1. The van der Waals surface area contributed by atoms with Crippen LogP contribution in [0.25, 0.3) is 0 Å². The van der Waals surface area contributed by atoms with Crippen LogP contribution in [0.2, 0.25) is 5.02 Å². The molecule has 1 aliphatic rings. The van der Waals surface area contributed by atoms with Gasteiger partial charge in [0.15, 0.2) is 0 Å². The molecule has 0 saturated carbocycles. The van der Waals surface area contributed by atoms with Crippen LogP contribution in [0.15, 0.2) is 53.6 Å². The van der Waals surface area contributed by atoms with E-state index in [0.717, 1.165) is 11.3 Å². The summed E-state index contributed by atoms with van der Waals surface area (Å²) in [4.78, 5) is 24.3. The zero-order chi connectivity index (χ0) is 19.9. The van der Waals surface area contributed by atoms with Crippen LogP contribution in [0.5, 0.6) is 5.75 Å². The quantitative estimate of drug-likeness (QED) is 0.663. The Hall–Kier alpha value is -2.86. The fourth-order valence-corrected chi connectivity index (χ4v) is 3.09. The number of hydrogen-bond acceptors (Lipinski definition) is 5. The molecule has 6 nitrogen and oxygen atoms in total. The summed E-state index contributed by atoms with van der Waals surface area (Å²) in [5, 5.41) is 6.34. The lowest BCUT2D eigenvalue weighted by Crippen LogP contribution is -2.24. The molecule has 0 aliphatic carbocycles. The lowest BCUT2D eigenvalue weighted by atomic mass is 10.1. The van der Waals surface area contributed by atoms with Crippen LogP contribution < -0.4 is 4.74 Å². The topological polar surface area (TPSA) is 68.2 Å². The van der Waals surface area contributed by atoms with Crippen LogP contribution in [-0.2, 0) is 20.9 Å². The number of hydrazone groups is 1. The van der Waals surface area contributed by atoms with Crippen molar-refractivity contribution in [2.24, 2.45) is 5.10 Å². The van der Waals surface area contributed by atoms with Gasteiger partial charge in [0.05, 0.1) is 25.8 Å². The van der Waals surface area contributed by atoms with Gasteiger partial charge in [-0.05, 0) is 23.8 Å². The van der Waals surface area contributed by atoms with E-state index >= 15 is 0 Å². The highest BCUT2D eigenvalue weighted by atomic mass is 35.5. The molecule has 0 saturated heterocycles. The summed E-state index contributed by atoms with van der Waals surface area (Å²) >= 11 is 5.96. The van der Waals surface area contributed by atoms with E-state index in [-0.39, 0.29) is 25.4 Å². The summed E-state index contributed by atoms with van der Waals surface area (Å²) in [5.41, 5.74) is 2.56. The van der Waals surface area contributed by atoms with Gasteiger partial charge in [0.1, 0.15) is 12.4 Å². The second kappa shape index (κ2) is 9.37. The van der Waals surface area contributed by atoms with Crippen molar-refractivity contribution in [3.63, 3.8) is 0 Å². The van der Waals surface area contributed by atoms with Gasteiger partial charge in [0.25, 0.3) is 0 Å². The van der Waals surface area contributed by atoms with Gasteiger partial charge < -0.3 is 9.47 Å². The maximum atomic E-state index is 12.3. The summed E-state index contributed by atoms with van der Waals surface area (Å²) < 4.78 is 10.5. The first-order chi connectivity index (χ1) is 13.6. The maximum Gasteiger partial charge on any atom is 0.306 e. The minimum atomic E-state index is -0.457. The van der Waals surface area contributed by atoms with E-state index in [1.807, 2.05) is 30.3 Å². The number of carbonyl (C=O) groups excluding carboxylic acids is 2. The maximum absolute atomic E-state index is 12.3. The molecule has 0 N–H and O–H groups in total. The third-order valence-electron chi connectivity index (χ3n) is 4.37. The SMILES string of the molecule is COc1ccc(Cl)cc1COC(=O)CCC(=O)N1CCC(c2ccccc2)=N1. The van der Waals surface area contributed by atoms with Gasteiger partial charge in [-0.15, -0.1) is 0 Å². The fraction of sp³-hybridized carbons (Fsp3) is 0.286. The van der Waals surface area contributed by atoms with Crippen molar-refractivity contribution < 1.29 is 19.1 Å². The van der Waals surface area contributed by atoms with Crippen molar-refractivity contribution in [2.45, 2.75) is 25.9 Å². The Morgan fingerprint density at radius 2 is 1.93 bits per heavy atom. The Balaban J connectivity index is 1.48. The van der Waals surface area contributed by atoms with Crippen LogP contribution in [0.1, 0.15) is 30.4 Å². The number of benzene rings is 2. The smallest absolute Gasteiger partial charge is 0.306 e. The van der Waals surface area contributed by atoms with Crippen LogP contribution in [0, 0.1) is 0 Å². The zero-order valence-electron chi connectivity index (χ0n) is 15.6. The number of hydrogen-bond donors (Lipinski definition) is 0. The number of methoxy groups -OCH3 is 1. The van der Waals surface area contributed by atoms with Gasteiger partial charge >= 0.3 is 5.97 Å². The van der Waals surface area contributed by atoms with Gasteiger partial charge in [-0.1, -0.05) is 41.9 Å². The number of rotatable bonds is 7. The first kappa shape index (κ1) is 19.9. The number of halogens is 1. The van der Waals surface area contributed by atoms with Gasteiger partial charge in [-0.25, -0.2) is 5.01 Å². The van der Waals surface area contributed by atoms with Crippen LogP contribution in [0.3, 0.4) is 0 Å². The largest absolute Gasteiger partial charge is 0.496 e. The second-order valence-electron chi connectivity index (χ2n) is 6.30. The fourth-order valence-electron chi connectivity index (χ4n) is 2.90. The average Bonchev–Trinajstić information content (AvgIpc) is 3.21. The number of nitrogens with zero attached hydrogens (tertiary/aromatic N) is 2. The third kappa shape index (κ3) is 5.10. The van der Waals surface area contributed by atoms with E-state index < -0.39 is 5.97 Å². The van der Waals surface area contributed by atoms with Crippen molar-refractivity contribution in [1.29, 1.82) is 0 Å². The summed E-state index contributed by atoms with van der Waals surface area (Å²) in [7, 11) is 1.54. The molecule has 0 fully saturated rings. The molecule has 0 spiro atoms. The Bertz CT molecular complexity index is 883. The predicted molar refractivity (Wildman–Crippen MR) is 106 cm³/mol. The molecule has 1 heterocycles. The molecule has 0 aromatic heterocycles. The van der Waals surface area contributed by atoms with E-state index in [2.05, 4.69) is 5.10 Å². The Morgan fingerprint density at radius 1 is 1.14 bits per heavy atom. The van der Waals surface area contributed by atoms with Crippen LogP contribution >= 0.6 is 11.6 Å². The third-order valence-corrected chi connectivity index (χ3v) is 4.61. The van der Waals surface area contributed by atoms with E-state index in [9.17, 15) is 9.59 Å². The highest BCUT2D eigenvalue weighted by Crippen LogP contribution is 2.23.